The predicted octanol–water partition coefficient (Wildman–Crippen LogP) is 6.15. The van der Waals surface area contributed by atoms with Crippen LogP contribution < -0.4 is 10.4 Å². The van der Waals surface area contributed by atoms with E-state index in [-0.39, 0.29) is 24.3 Å². The van der Waals surface area contributed by atoms with Crippen LogP contribution in [-0.2, 0) is 24.5 Å². The van der Waals surface area contributed by atoms with Crippen molar-refractivity contribution in [3.8, 4) is 11.6 Å². The van der Waals surface area contributed by atoms with E-state index in [1.807, 2.05) is 43.3 Å². The number of hydrogen-bond donors (Lipinski definition) is 0. The number of fused-ring (bicyclic) bond motifs is 1. The van der Waals surface area contributed by atoms with E-state index in [4.69, 9.17) is 9.47 Å². The summed E-state index contributed by atoms with van der Waals surface area (Å²) in [7, 11) is 0. The Balaban J connectivity index is 1.71. The average Bonchev–Trinajstić information content (AvgIpc) is 3.21. The summed E-state index contributed by atoms with van der Waals surface area (Å²) in [6, 6.07) is 14.7. The van der Waals surface area contributed by atoms with Crippen LogP contribution in [0.2, 0.25) is 0 Å². The van der Waals surface area contributed by atoms with Gasteiger partial charge >= 0.3 is 5.69 Å². The molecule has 0 bridgehead atoms. The molecule has 2 aromatic heterocycles. The maximum atomic E-state index is 15.4. The number of halogens is 1. The molecule has 4 aromatic rings. The lowest BCUT2D eigenvalue weighted by molar-refractivity contribution is 0.0989. The number of hydrogen-bond acceptors (Lipinski definition) is 5. The maximum absolute atomic E-state index is 15.4. The van der Waals surface area contributed by atoms with Crippen LogP contribution in [0, 0.1) is 5.82 Å². The molecule has 0 spiro atoms. The minimum absolute atomic E-state index is 0.0493. The zero-order chi connectivity index (χ0) is 26.5. The first-order chi connectivity index (χ1) is 17.9. The summed E-state index contributed by atoms with van der Waals surface area (Å²) >= 11 is 0. The fraction of sp³-hybridized carbons (Fsp3) is 0.414. The van der Waals surface area contributed by atoms with E-state index in [1.54, 1.807) is 6.07 Å². The van der Waals surface area contributed by atoms with Gasteiger partial charge in [0.25, 0.3) is 0 Å². The number of rotatable bonds is 11. The SMILES string of the molecule is CCC(CC)Oc1cc(C(C)C)c2cc(-n3nc(COCc4ccccc4)n(CC)c3=O)c(F)cc2n1. The average molecular weight is 507 g/mol. The predicted molar refractivity (Wildman–Crippen MR) is 143 cm³/mol. The summed E-state index contributed by atoms with van der Waals surface area (Å²) in [5.74, 6) is 0.495. The first-order valence-electron chi connectivity index (χ1n) is 13.0. The lowest BCUT2D eigenvalue weighted by Gasteiger charge is -2.18. The van der Waals surface area contributed by atoms with Crippen molar-refractivity contribution in [1.82, 2.24) is 19.3 Å². The maximum Gasteiger partial charge on any atom is 0.350 e. The van der Waals surface area contributed by atoms with E-state index >= 15 is 4.39 Å². The molecule has 2 heterocycles. The second-order valence-electron chi connectivity index (χ2n) is 9.41. The molecule has 37 heavy (non-hydrogen) atoms. The Bertz CT molecular complexity index is 1410. The van der Waals surface area contributed by atoms with Crippen molar-refractivity contribution < 1.29 is 13.9 Å². The molecular formula is C29H35FN4O3. The van der Waals surface area contributed by atoms with Gasteiger partial charge < -0.3 is 9.47 Å². The molecule has 8 heteroatoms. The van der Waals surface area contributed by atoms with Crippen molar-refractivity contribution in [1.29, 1.82) is 0 Å². The number of pyridine rings is 1. The molecule has 7 nitrogen and oxygen atoms in total. The van der Waals surface area contributed by atoms with Crippen molar-refractivity contribution in [2.75, 3.05) is 0 Å². The fourth-order valence-corrected chi connectivity index (χ4v) is 4.42. The first kappa shape index (κ1) is 26.5. The van der Waals surface area contributed by atoms with Crippen molar-refractivity contribution in [2.45, 2.75) is 79.2 Å². The van der Waals surface area contributed by atoms with Crippen LogP contribution in [0.3, 0.4) is 0 Å². The normalized spacial score (nSPS) is 11.7. The Morgan fingerprint density at radius 1 is 1.00 bits per heavy atom. The molecule has 0 unspecified atom stereocenters. The monoisotopic (exact) mass is 506 g/mol. The van der Waals surface area contributed by atoms with Crippen molar-refractivity contribution in [2.24, 2.45) is 0 Å². The third-order valence-electron chi connectivity index (χ3n) is 6.53. The largest absolute Gasteiger partial charge is 0.474 e. The molecule has 0 aliphatic carbocycles. The molecule has 0 atom stereocenters. The fourth-order valence-electron chi connectivity index (χ4n) is 4.42. The Morgan fingerprint density at radius 2 is 1.73 bits per heavy atom. The number of ether oxygens (including phenoxy) is 2. The number of aromatic nitrogens is 4. The molecule has 4 rings (SSSR count). The third kappa shape index (κ3) is 5.74. The van der Waals surface area contributed by atoms with Gasteiger partial charge in [-0.05, 0) is 42.9 Å². The summed E-state index contributed by atoms with van der Waals surface area (Å²) in [4.78, 5) is 17.8. The van der Waals surface area contributed by atoms with E-state index in [9.17, 15) is 4.79 Å². The Morgan fingerprint density at radius 3 is 2.38 bits per heavy atom. The van der Waals surface area contributed by atoms with Crippen LogP contribution in [0.5, 0.6) is 5.88 Å². The number of benzene rings is 2. The molecule has 0 saturated heterocycles. The molecule has 0 aliphatic heterocycles. The van der Waals surface area contributed by atoms with E-state index in [1.165, 1.54) is 10.6 Å². The third-order valence-corrected chi connectivity index (χ3v) is 6.53. The van der Waals surface area contributed by atoms with Gasteiger partial charge in [0.15, 0.2) is 11.6 Å². The highest BCUT2D eigenvalue weighted by Gasteiger charge is 2.20. The molecule has 2 aromatic carbocycles. The Hall–Kier alpha value is -3.52. The Kier molecular flexibility index (Phi) is 8.38. The van der Waals surface area contributed by atoms with Gasteiger partial charge in [-0.2, -0.15) is 4.68 Å². The van der Waals surface area contributed by atoms with Gasteiger partial charge in [-0.1, -0.05) is 58.0 Å². The smallest absolute Gasteiger partial charge is 0.350 e. The van der Waals surface area contributed by atoms with E-state index in [0.717, 1.165) is 34.0 Å². The van der Waals surface area contributed by atoms with Gasteiger partial charge in [-0.15, -0.1) is 5.10 Å². The highest BCUT2D eigenvalue weighted by Crippen LogP contribution is 2.31. The van der Waals surface area contributed by atoms with Gasteiger partial charge in [-0.3, -0.25) is 4.57 Å². The first-order valence-corrected chi connectivity index (χ1v) is 13.0. The number of nitrogens with zero attached hydrogens (tertiary/aromatic N) is 4. The van der Waals surface area contributed by atoms with Crippen LogP contribution >= 0.6 is 0 Å². The molecular weight excluding hydrogens is 471 g/mol. The van der Waals surface area contributed by atoms with E-state index in [2.05, 4.69) is 37.8 Å². The van der Waals surface area contributed by atoms with Crippen LogP contribution in [0.15, 0.2) is 53.3 Å². The van der Waals surface area contributed by atoms with Gasteiger partial charge in [-0.25, -0.2) is 14.2 Å². The standard InChI is InChI=1S/C29H35FN4O3/c1-6-21(7-2)37-28-15-22(19(4)5)23-14-26(24(30)16-25(23)31-28)34-29(35)33(8-3)27(32-34)18-36-17-20-12-10-9-11-13-20/h9-16,19,21H,6-8,17-18H2,1-5H3. The summed E-state index contributed by atoms with van der Waals surface area (Å²) in [5.41, 5.74) is 2.16. The lowest BCUT2D eigenvalue weighted by Crippen LogP contribution is -2.24. The molecule has 0 N–H and O–H groups in total. The van der Waals surface area contributed by atoms with Crippen molar-refractivity contribution >= 4 is 10.9 Å². The van der Waals surface area contributed by atoms with Gasteiger partial charge in [0.2, 0.25) is 5.88 Å². The van der Waals surface area contributed by atoms with Crippen molar-refractivity contribution in [3.05, 3.63) is 81.8 Å². The van der Waals surface area contributed by atoms with Gasteiger partial charge in [0.05, 0.1) is 18.2 Å². The topological polar surface area (TPSA) is 71.2 Å². The van der Waals surface area contributed by atoms with E-state index < -0.39 is 11.5 Å². The van der Waals surface area contributed by atoms with Crippen LogP contribution in [0.4, 0.5) is 4.39 Å². The molecule has 196 valence electrons. The molecule has 0 aliphatic rings. The van der Waals surface area contributed by atoms with Crippen LogP contribution in [0.25, 0.3) is 16.6 Å². The minimum atomic E-state index is -0.575. The molecule has 0 radical (unpaired) electrons. The molecule has 0 fully saturated rings. The summed E-state index contributed by atoms with van der Waals surface area (Å²) in [5, 5.41) is 5.23. The Labute approximate surface area is 216 Å². The van der Waals surface area contributed by atoms with E-state index in [0.29, 0.717) is 30.4 Å². The van der Waals surface area contributed by atoms with Crippen LogP contribution in [-0.4, -0.2) is 25.4 Å². The quantitative estimate of drug-likeness (QED) is 0.244. The zero-order valence-electron chi connectivity index (χ0n) is 22.2. The second-order valence-corrected chi connectivity index (χ2v) is 9.41. The minimum Gasteiger partial charge on any atom is -0.474 e. The molecule has 0 amide bonds. The summed E-state index contributed by atoms with van der Waals surface area (Å²) in [6.07, 6.45) is 1.77. The highest BCUT2D eigenvalue weighted by atomic mass is 19.1. The zero-order valence-corrected chi connectivity index (χ0v) is 22.2. The van der Waals surface area contributed by atoms with Gasteiger partial charge in [0, 0.05) is 24.1 Å². The lowest BCUT2D eigenvalue weighted by atomic mass is 9.98. The molecule has 0 saturated carbocycles. The highest BCUT2D eigenvalue weighted by molar-refractivity contribution is 5.85. The summed E-state index contributed by atoms with van der Waals surface area (Å²) in [6.45, 7) is 11.0. The second kappa shape index (κ2) is 11.7. The summed E-state index contributed by atoms with van der Waals surface area (Å²) < 4.78 is 30.0. The van der Waals surface area contributed by atoms with Crippen LogP contribution in [0.1, 0.15) is 70.3 Å². The van der Waals surface area contributed by atoms with Crippen molar-refractivity contribution in [3.63, 3.8) is 0 Å². The van der Waals surface area contributed by atoms with Gasteiger partial charge in [0.1, 0.15) is 12.3 Å².